The molecule has 0 radical (unpaired) electrons. The molecule has 0 saturated heterocycles. The molecule has 170 valence electrons. The van der Waals surface area contributed by atoms with Gasteiger partial charge in [-0.3, -0.25) is 4.79 Å². The van der Waals surface area contributed by atoms with Gasteiger partial charge in [0.1, 0.15) is 24.0 Å². The number of amides is 1. The van der Waals surface area contributed by atoms with E-state index in [1.807, 2.05) is 0 Å². The number of aromatic nitrogens is 5. The van der Waals surface area contributed by atoms with Gasteiger partial charge in [-0.25, -0.2) is 27.0 Å². The second kappa shape index (κ2) is 8.31. The number of nitrogens with zero attached hydrogens (tertiary/aromatic N) is 5. The molecule has 9 nitrogen and oxygen atoms in total. The van der Waals surface area contributed by atoms with Crippen molar-refractivity contribution in [2.75, 3.05) is 5.32 Å². The molecule has 12 heteroatoms. The zero-order valence-electron chi connectivity index (χ0n) is 17.1. The highest BCUT2D eigenvalue weighted by Crippen LogP contribution is 2.25. The largest absolute Gasteiger partial charge is 0.350 e. The van der Waals surface area contributed by atoms with Crippen molar-refractivity contribution in [3.8, 4) is 22.8 Å². The van der Waals surface area contributed by atoms with Crippen molar-refractivity contribution in [1.82, 2.24) is 24.3 Å². The van der Waals surface area contributed by atoms with Gasteiger partial charge < -0.3 is 9.84 Å². The van der Waals surface area contributed by atoms with E-state index in [0.29, 0.717) is 17.2 Å². The van der Waals surface area contributed by atoms with Gasteiger partial charge in [0, 0.05) is 17.8 Å². The average Bonchev–Trinajstić information content (AvgIpc) is 3.41. The third-order valence-electron chi connectivity index (χ3n) is 4.85. The van der Waals surface area contributed by atoms with E-state index in [4.69, 9.17) is 4.52 Å². The third-order valence-corrected chi connectivity index (χ3v) is 4.85. The van der Waals surface area contributed by atoms with Crippen LogP contribution in [0.4, 0.5) is 18.9 Å². The third kappa shape index (κ3) is 3.92. The summed E-state index contributed by atoms with van der Waals surface area (Å²) in [6.07, 6.45) is 1.44. The Morgan fingerprint density at radius 2 is 1.85 bits per heavy atom. The first-order valence-electron chi connectivity index (χ1n) is 9.82. The molecule has 0 atom stereocenters. The summed E-state index contributed by atoms with van der Waals surface area (Å²) in [7, 11) is 0. The number of anilines is 1. The summed E-state index contributed by atoms with van der Waals surface area (Å²) in [5.74, 6) is -2.79. The molecule has 1 N–H and O–H groups in total. The summed E-state index contributed by atoms with van der Waals surface area (Å²) in [5.41, 5.74) is -0.0492. The van der Waals surface area contributed by atoms with E-state index < -0.39 is 35.6 Å². The van der Waals surface area contributed by atoms with Crippen LogP contribution in [0.1, 0.15) is 0 Å². The minimum Gasteiger partial charge on any atom is -0.333 e. The molecule has 5 aromatic rings. The number of halogens is 3. The van der Waals surface area contributed by atoms with Gasteiger partial charge in [0.25, 0.3) is 5.89 Å². The molecule has 0 aliphatic carbocycles. The number of benzene rings is 2. The predicted molar refractivity (Wildman–Crippen MR) is 113 cm³/mol. The fourth-order valence-electron chi connectivity index (χ4n) is 3.30. The summed E-state index contributed by atoms with van der Waals surface area (Å²) in [6.45, 7) is -0.533. The summed E-state index contributed by atoms with van der Waals surface area (Å²) < 4.78 is 47.7. The fraction of sp³-hybridized carbons (Fsp3) is 0.0455. The van der Waals surface area contributed by atoms with Crippen LogP contribution in [0.15, 0.2) is 70.1 Å². The van der Waals surface area contributed by atoms with Gasteiger partial charge >= 0.3 is 5.69 Å². The Morgan fingerprint density at radius 1 is 1.03 bits per heavy atom. The Kier molecular flexibility index (Phi) is 5.17. The molecular weight excluding hydrogens is 453 g/mol. The van der Waals surface area contributed by atoms with Crippen molar-refractivity contribution < 1.29 is 22.5 Å². The minimum atomic E-state index is -0.955. The molecule has 3 heterocycles. The first-order valence-corrected chi connectivity index (χ1v) is 9.82. The Bertz CT molecular complexity index is 1610. The van der Waals surface area contributed by atoms with Gasteiger partial charge in [-0.1, -0.05) is 17.3 Å². The Balaban J connectivity index is 1.45. The minimum absolute atomic E-state index is 0.0276. The number of rotatable bonds is 5. The van der Waals surface area contributed by atoms with Crippen LogP contribution >= 0.6 is 0 Å². The van der Waals surface area contributed by atoms with Gasteiger partial charge in [0.2, 0.25) is 11.7 Å². The van der Waals surface area contributed by atoms with Crippen LogP contribution in [0, 0.1) is 17.5 Å². The maximum atomic E-state index is 13.8. The number of pyridine rings is 1. The van der Waals surface area contributed by atoms with Crippen LogP contribution in [0.3, 0.4) is 0 Å². The maximum Gasteiger partial charge on any atom is 0.350 e. The maximum absolute atomic E-state index is 13.8. The van der Waals surface area contributed by atoms with Gasteiger partial charge in [0.15, 0.2) is 5.65 Å². The smallest absolute Gasteiger partial charge is 0.333 e. The molecule has 0 aliphatic heterocycles. The molecule has 0 spiro atoms. The molecule has 0 unspecified atom stereocenters. The highest BCUT2D eigenvalue weighted by molar-refractivity contribution is 5.90. The number of carbonyl (C=O) groups excluding carboxylic acids is 1. The highest BCUT2D eigenvalue weighted by atomic mass is 19.1. The lowest BCUT2D eigenvalue weighted by Gasteiger charge is -2.05. The quantitative estimate of drug-likeness (QED) is 0.426. The van der Waals surface area contributed by atoms with E-state index >= 15 is 0 Å². The second-order valence-corrected chi connectivity index (χ2v) is 7.16. The van der Waals surface area contributed by atoms with E-state index in [1.165, 1.54) is 28.8 Å². The molecule has 0 fully saturated rings. The van der Waals surface area contributed by atoms with Crippen molar-refractivity contribution in [2.45, 2.75) is 6.54 Å². The zero-order chi connectivity index (χ0) is 23.8. The summed E-state index contributed by atoms with van der Waals surface area (Å²) in [4.78, 5) is 29.3. The monoisotopic (exact) mass is 466 g/mol. The Hall–Kier alpha value is -4.74. The number of carbonyl (C=O) groups is 1. The number of fused-ring (bicyclic) bond motifs is 1. The summed E-state index contributed by atoms with van der Waals surface area (Å²) >= 11 is 0. The van der Waals surface area contributed by atoms with Crippen molar-refractivity contribution in [3.63, 3.8) is 0 Å². The van der Waals surface area contributed by atoms with Crippen LogP contribution < -0.4 is 11.0 Å². The lowest BCUT2D eigenvalue weighted by Crippen LogP contribution is -2.28. The van der Waals surface area contributed by atoms with Gasteiger partial charge in [0.05, 0.1) is 11.3 Å². The molecule has 2 aromatic carbocycles. The molecule has 5 rings (SSSR count). The van der Waals surface area contributed by atoms with E-state index in [1.54, 1.807) is 18.2 Å². The molecular formula is C22H13F3N6O3. The first kappa shape index (κ1) is 21.1. The molecule has 1 amide bonds. The highest BCUT2D eigenvalue weighted by Gasteiger charge is 2.19. The Labute approximate surface area is 188 Å². The van der Waals surface area contributed by atoms with E-state index in [0.717, 1.165) is 16.8 Å². The molecule has 34 heavy (non-hydrogen) atoms. The Morgan fingerprint density at radius 3 is 2.65 bits per heavy atom. The topological polar surface area (TPSA) is 107 Å². The lowest BCUT2D eigenvalue weighted by atomic mass is 10.2. The normalized spacial score (nSPS) is 11.1. The SMILES string of the molecule is O=C(Cn1nc2c(-c3nc(-c4cccc(F)c4)no3)cccn2c1=O)Nc1ccc(F)cc1F. The lowest BCUT2D eigenvalue weighted by molar-refractivity contribution is -0.117. The van der Waals surface area contributed by atoms with Crippen molar-refractivity contribution in [3.05, 3.63) is 88.7 Å². The number of hydrogen-bond acceptors (Lipinski definition) is 6. The van der Waals surface area contributed by atoms with Crippen molar-refractivity contribution in [2.24, 2.45) is 0 Å². The van der Waals surface area contributed by atoms with Crippen LogP contribution in [0.25, 0.3) is 28.5 Å². The van der Waals surface area contributed by atoms with Gasteiger partial charge in [-0.2, -0.15) is 4.98 Å². The van der Waals surface area contributed by atoms with Crippen molar-refractivity contribution in [1.29, 1.82) is 0 Å². The summed E-state index contributed by atoms with van der Waals surface area (Å²) in [6, 6.07) is 11.5. The molecule has 0 saturated carbocycles. The van der Waals surface area contributed by atoms with Gasteiger partial charge in [-0.15, -0.1) is 5.10 Å². The predicted octanol–water partition coefficient (Wildman–Crippen LogP) is 3.27. The van der Waals surface area contributed by atoms with Crippen LogP contribution in [-0.2, 0) is 11.3 Å². The van der Waals surface area contributed by atoms with Crippen LogP contribution in [0.5, 0.6) is 0 Å². The number of hydrogen-bond donors (Lipinski definition) is 1. The first-order chi connectivity index (χ1) is 16.4. The average molecular weight is 466 g/mol. The summed E-state index contributed by atoms with van der Waals surface area (Å²) in [5, 5.41) is 10.3. The van der Waals surface area contributed by atoms with Crippen LogP contribution in [-0.4, -0.2) is 30.2 Å². The van der Waals surface area contributed by atoms with E-state index in [2.05, 4.69) is 20.6 Å². The van der Waals surface area contributed by atoms with Gasteiger partial charge in [-0.05, 0) is 36.4 Å². The van der Waals surface area contributed by atoms with E-state index in [9.17, 15) is 22.8 Å². The molecule has 3 aromatic heterocycles. The standard InChI is InChI=1S/C22H13F3N6O3/c23-13-4-1-3-12(9-13)19-27-21(34-29-19)15-5-2-8-30-20(15)28-31(22(30)33)11-18(32)26-17-7-6-14(24)10-16(17)25/h1-10H,11H2,(H,26,32). The molecule has 0 bridgehead atoms. The second-order valence-electron chi connectivity index (χ2n) is 7.16. The fourth-order valence-corrected chi connectivity index (χ4v) is 3.30. The molecule has 0 aliphatic rings. The number of nitrogens with one attached hydrogen (secondary N) is 1. The zero-order valence-corrected chi connectivity index (χ0v) is 17.1. The van der Waals surface area contributed by atoms with Crippen molar-refractivity contribution >= 4 is 17.2 Å². The van der Waals surface area contributed by atoms with E-state index in [-0.39, 0.29) is 23.0 Å². The van der Waals surface area contributed by atoms with Crippen LogP contribution in [0.2, 0.25) is 0 Å².